The third-order valence-electron chi connectivity index (χ3n) is 4.20. The monoisotopic (exact) mass is 376 g/mol. The lowest BCUT2D eigenvalue weighted by atomic mass is 10.0. The summed E-state index contributed by atoms with van der Waals surface area (Å²) in [6.07, 6.45) is 3.38. The zero-order valence-corrected chi connectivity index (χ0v) is 15.3. The maximum absolute atomic E-state index is 12.5. The summed E-state index contributed by atoms with van der Waals surface area (Å²) >= 11 is 0. The first kappa shape index (κ1) is 20.7. The second kappa shape index (κ2) is 9.34. The fourth-order valence-electron chi connectivity index (χ4n) is 2.68. The average molecular weight is 376 g/mol. The van der Waals surface area contributed by atoms with Crippen molar-refractivity contribution >= 4 is 17.8 Å². The molecule has 2 rings (SSSR count). The fraction of sp³-hybridized carbons (Fsp3) is 0.400. The average Bonchev–Trinajstić information content (AvgIpc) is 2.62. The van der Waals surface area contributed by atoms with Gasteiger partial charge in [0.05, 0.1) is 13.2 Å². The van der Waals surface area contributed by atoms with Crippen LogP contribution >= 0.6 is 0 Å². The maximum Gasteiger partial charge on any atom is 0.342 e. The van der Waals surface area contributed by atoms with E-state index in [0.29, 0.717) is 17.7 Å². The van der Waals surface area contributed by atoms with Gasteiger partial charge in [0.1, 0.15) is 29.3 Å². The molecule has 0 saturated carbocycles. The molecule has 1 aliphatic heterocycles. The Bertz CT molecular complexity index is 751. The predicted molar refractivity (Wildman–Crippen MR) is 98.6 cm³/mol. The largest absolute Gasteiger partial charge is 0.507 e. The number of hydrogen-bond acceptors (Lipinski definition) is 7. The van der Waals surface area contributed by atoms with Crippen LogP contribution in [0.25, 0.3) is 6.08 Å². The highest BCUT2D eigenvalue weighted by Crippen LogP contribution is 2.30. The summed E-state index contributed by atoms with van der Waals surface area (Å²) in [5, 5.41) is 30.1. The normalized spacial score (nSPS) is 26.9. The number of aliphatic hydroxyl groups excluding tert-OH is 2. The van der Waals surface area contributed by atoms with E-state index in [0.717, 1.165) is 0 Å². The van der Waals surface area contributed by atoms with E-state index in [2.05, 4.69) is 0 Å². The summed E-state index contributed by atoms with van der Waals surface area (Å²) in [5.41, 5.74) is 0.412. The molecule has 27 heavy (non-hydrogen) atoms. The van der Waals surface area contributed by atoms with E-state index < -0.39 is 30.1 Å². The predicted octanol–water partition coefficient (Wildman–Crippen LogP) is 1.99. The van der Waals surface area contributed by atoms with Gasteiger partial charge in [-0.1, -0.05) is 18.2 Å². The SMILES string of the molecule is COc1cc(O)c2c(c1)/C=C/CC[C@H](O)[C@H](O)C(=O)/C=C\C[C@H](C)OC2=O. The summed E-state index contributed by atoms with van der Waals surface area (Å²) in [4.78, 5) is 24.4. The van der Waals surface area contributed by atoms with Crippen LogP contribution in [0.5, 0.6) is 11.5 Å². The molecule has 1 heterocycles. The highest BCUT2D eigenvalue weighted by atomic mass is 16.5. The van der Waals surface area contributed by atoms with Crippen LogP contribution in [-0.4, -0.2) is 52.5 Å². The van der Waals surface area contributed by atoms with E-state index in [-0.39, 0.29) is 24.2 Å². The van der Waals surface area contributed by atoms with Crippen LogP contribution in [-0.2, 0) is 9.53 Å². The molecule has 0 saturated heterocycles. The Balaban J connectivity index is 2.39. The summed E-state index contributed by atoms with van der Waals surface area (Å²) in [6.45, 7) is 1.65. The minimum atomic E-state index is -1.51. The van der Waals surface area contributed by atoms with Crippen LogP contribution in [0.2, 0.25) is 0 Å². The number of phenolic OH excluding ortho intramolecular Hbond substituents is 1. The molecule has 0 aliphatic carbocycles. The first-order chi connectivity index (χ1) is 12.8. The van der Waals surface area contributed by atoms with Gasteiger partial charge in [-0.05, 0) is 37.5 Å². The highest BCUT2D eigenvalue weighted by Gasteiger charge is 2.23. The van der Waals surface area contributed by atoms with Crippen LogP contribution in [0.3, 0.4) is 0 Å². The number of allylic oxidation sites excluding steroid dienone is 1. The number of cyclic esters (lactones) is 1. The number of ketones is 1. The zero-order valence-electron chi connectivity index (χ0n) is 15.3. The fourth-order valence-corrected chi connectivity index (χ4v) is 2.68. The first-order valence-electron chi connectivity index (χ1n) is 8.68. The molecule has 0 amide bonds. The van der Waals surface area contributed by atoms with Crippen molar-refractivity contribution in [2.45, 2.75) is 44.5 Å². The van der Waals surface area contributed by atoms with Crippen molar-refractivity contribution in [1.82, 2.24) is 0 Å². The number of carbonyl (C=O) groups excluding carboxylic acids is 2. The maximum atomic E-state index is 12.5. The lowest BCUT2D eigenvalue weighted by Crippen LogP contribution is -2.32. The van der Waals surface area contributed by atoms with E-state index >= 15 is 0 Å². The molecule has 0 aromatic heterocycles. The van der Waals surface area contributed by atoms with E-state index in [9.17, 15) is 24.9 Å². The van der Waals surface area contributed by atoms with Gasteiger partial charge in [0.15, 0.2) is 5.78 Å². The Morgan fingerprint density at radius 1 is 1.15 bits per heavy atom. The molecule has 0 unspecified atom stereocenters. The van der Waals surface area contributed by atoms with Gasteiger partial charge in [0.2, 0.25) is 0 Å². The van der Waals surface area contributed by atoms with E-state index in [1.165, 1.54) is 25.3 Å². The second-order valence-electron chi connectivity index (χ2n) is 6.36. The Morgan fingerprint density at radius 2 is 1.89 bits per heavy atom. The summed E-state index contributed by atoms with van der Waals surface area (Å²) in [7, 11) is 1.44. The summed E-state index contributed by atoms with van der Waals surface area (Å²) < 4.78 is 10.5. The lowest BCUT2D eigenvalue weighted by molar-refractivity contribution is -0.128. The van der Waals surface area contributed by atoms with Crippen molar-refractivity contribution < 1.29 is 34.4 Å². The van der Waals surface area contributed by atoms with Crippen molar-refractivity contribution in [2.24, 2.45) is 0 Å². The van der Waals surface area contributed by atoms with Crippen LogP contribution in [0.4, 0.5) is 0 Å². The van der Waals surface area contributed by atoms with Gasteiger partial charge in [-0.25, -0.2) is 4.79 Å². The number of esters is 1. The summed E-state index contributed by atoms with van der Waals surface area (Å²) in [5.74, 6) is -1.20. The number of fused-ring (bicyclic) bond motifs is 1. The van der Waals surface area contributed by atoms with Gasteiger partial charge < -0.3 is 24.8 Å². The third kappa shape index (κ3) is 5.42. The number of hydrogen-bond donors (Lipinski definition) is 3. The van der Waals surface area contributed by atoms with E-state index in [1.54, 1.807) is 25.1 Å². The van der Waals surface area contributed by atoms with Crippen LogP contribution < -0.4 is 4.74 Å². The van der Waals surface area contributed by atoms with E-state index in [4.69, 9.17) is 9.47 Å². The molecule has 7 heteroatoms. The molecule has 0 spiro atoms. The molecule has 7 nitrogen and oxygen atoms in total. The molecule has 3 atom stereocenters. The van der Waals surface area contributed by atoms with Gasteiger partial charge >= 0.3 is 5.97 Å². The first-order valence-corrected chi connectivity index (χ1v) is 8.68. The Hall–Kier alpha value is -2.64. The van der Waals surface area contributed by atoms with Crippen molar-refractivity contribution in [3.05, 3.63) is 41.5 Å². The van der Waals surface area contributed by atoms with Crippen molar-refractivity contribution in [2.75, 3.05) is 7.11 Å². The zero-order chi connectivity index (χ0) is 20.0. The number of methoxy groups -OCH3 is 1. The van der Waals surface area contributed by atoms with Gasteiger partial charge in [-0.15, -0.1) is 0 Å². The molecule has 0 fully saturated rings. The topological polar surface area (TPSA) is 113 Å². The van der Waals surface area contributed by atoms with Gasteiger partial charge in [-0.3, -0.25) is 4.79 Å². The highest BCUT2D eigenvalue weighted by molar-refractivity contribution is 5.97. The number of aromatic hydroxyl groups is 1. The molecule has 146 valence electrons. The number of benzene rings is 1. The summed E-state index contributed by atoms with van der Waals surface area (Å²) in [6, 6.07) is 2.91. The van der Waals surface area contributed by atoms with Crippen LogP contribution in [0, 0.1) is 0 Å². The third-order valence-corrected chi connectivity index (χ3v) is 4.20. The molecule has 3 N–H and O–H groups in total. The van der Waals surface area contributed by atoms with Crippen molar-refractivity contribution in [3.8, 4) is 11.5 Å². The number of ether oxygens (including phenoxy) is 2. The van der Waals surface area contributed by atoms with Crippen molar-refractivity contribution in [1.29, 1.82) is 0 Å². The molecule has 0 bridgehead atoms. The number of phenols is 1. The van der Waals surface area contributed by atoms with E-state index in [1.807, 2.05) is 0 Å². The molecular weight excluding hydrogens is 352 g/mol. The number of aliphatic hydroxyl groups is 2. The molecule has 1 aromatic rings. The molecule has 0 radical (unpaired) electrons. The molecule has 1 aromatic carbocycles. The van der Waals surface area contributed by atoms with Gasteiger partial charge in [0.25, 0.3) is 0 Å². The van der Waals surface area contributed by atoms with Crippen LogP contribution in [0.1, 0.15) is 42.1 Å². The minimum Gasteiger partial charge on any atom is -0.507 e. The molecule has 1 aliphatic rings. The smallest absolute Gasteiger partial charge is 0.342 e. The van der Waals surface area contributed by atoms with Gasteiger partial charge in [-0.2, -0.15) is 0 Å². The van der Waals surface area contributed by atoms with Crippen LogP contribution in [0.15, 0.2) is 30.4 Å². The molecular formula is C20H24O7. The minimum absolute atomic E-state index is 0.00871. The standard InChI is InChI=1S/C20H24O7/c1-12-6-5-9-16(22)19(24)15(21)8-4-3-7-13-10-14(26-2)11-17(23)18(13)20(25)27-12/h3,5,7,9-12,15,19,21,23-24H,4,6,8H2,1-2H3/b7-3+,9-5-/t12-,15-,19-/m0/s1. The Labute approximate surface area is 157 Å². The lowest BCUT2D eigenvalue weighted by Gasteiger charge is -2.15. The second-order valence-corrected chi connectivity index (χ2v) is 6.36. The Kier molecular flexibility index (Phi) is 7.15. The number of rotatable bonds is 1. The Morgan fingerprint density at radius 3 is 2.59 bits per heavy atom. The van der Waals surface area contributed by atoms with Crippen molar-refractivity contribution in [3.63, 3.8) is 0 Å². The van der Waals surface area contributed by atoms with Gasteiger partial charge in [0, 0.05) is 12.5 Å². The quantitative estimate of drug-likeness (QED) is 0.642. The number of carbonyl (C=O) groups is 2.